The number of hydrogen-bond donors (Lipinski definition) is 1. The van der Waals surface area contributed by atoms with E-state index in [0.717, 1.165) is 5.56 Å². The average Bonchev–Trinajstić information content (AvgIpc) is 2.45. The van der Waals surface area contributed by atoms with Crippen LogP contribution in [0.5, 0.6) is 5.75 Å². The van der Waals surface area contributed by atoms with Gasteiger partial charge in [-0.1, -0.05) is 25.1 Å². The van der Waals surface area contributed by atoms with Crippen LogP contribution >= 0.6 is 0 Å². The van der Waals surface area contributed by atoms with E-state index in [1.54, 1.807) is 6.07 Å². The summed E-state index contributed by atoms with van der Waals surface area (Å²) in [5.41, 5.74) is 0.981. The highest BCUT2D eigenvalue weighted by molar-refractivity contribution is 5.76. The third kappa shape index (κ3) is 1.16. The molecule has 13 heavy (non-hydrogen) atoms. The number of carbonyl (C=O) groups is 1. The standard InChI is InChI=1S/C10H10O3/c1-6-7-4-2-3-5-8(7)13-9(6)10(11)12/h2-6,9H,1H3,(H,11,12). The van der Waals surface area contributed by atoms with E-state index >= 15 is 0 Å². The Morgan fingerprint density at radius 2 is 2.15 bits per heavy atom. The van der Waals surface area contributed by atoms with E-state index < -0.39 is 12.1 Å². The largest absolute Gasteiger partial charge is 0.478 e. The number of fused-ring (bicyclic) bond motifs is 1. The van der Waals surface area contributed by atoms with E-state index in [9.17, 15) is 4.79 Å². The molecular weight excluding hydrogens is 168 g/mol. The van der Waals surface area contributed by atoms with Crippen LogP contribution in [0.15, 0.2) is 24.3 Å². The SMILES string of the molecule is CC1c2ccccc2OC1C(=O)O. The van der Waals surface area contributed by atoms with Crippen molar-refractivity contribution in [2.45, 2.75) is 18.9 Å². The fraction of sp³-hybridized carbons (Fsp3) is 0.300. The second-order valence-electron chi connectivity index (χ2n) is 3.20. The predicted octanol–water partition coefficient (Wildman–Crippen LogP) is 1.64. The molecule has 3 nitrogen and oxygen atoms in total. The summed E-state index contributed by atoms with van der Waals surface area (Å²) in [7, 11) is 0. The zero-order valence-corrected chi connectivity index (χ0v) is 7.23. The molecule has 0 fully saturated rings. The summed E-state index contributed by atoms with van der Waals surface area (Å²) >= 11 is 0. The summed E-state index contributed by atoms with van der Waals surface area (Å²) in [6, 6.07) is 7.44. The number of para-hydroxylation sites is 1. The quantitative estimate of drug-likeness (QED) is 0.711. The van der Waals surface area contributed by atoms with Crippen LogP contribution in [-0.2, 0) is 4.79 Å². The predicted molar refractivity (Wildman–Crippen MR) is 46.9 cm³/mol. The number of carboxylic acid groups (broad SMARTS) is 1. The number of benzene rings is 1. The molecule has 0 spiro atoms. The molecule has 0 saturated carbocycles. The van der Waals surface area contributed by atoms with Gasteiger partial charge in [0.25, 0.3) is 0 Å². The lowest BCUT2D eigenvalue weighted by Crippen LogP contribution is -2.27. The Morgan fingerprint density at radius 1 is 1.46 bits per heavy atom. The molecule has 0 radical (unpaired) electrons. The third-order valence-corrected chi connectivity index (χ3v) is 2.36. The molecule has 0 aromatic heterocycles. The third-order valence-electron chi connectivity index (χ3n) is 2.36. The monoisotopic (exact) mass is 178 g/mol. The van der Waals surface area contributed by atoms with Crippen LogP contribution in [0.25, 0.3) is 0 Å². The summed E-state index contributed by atoms with van der Waals surface area (Å²) in [6.45, 7) is 1.87. The average molecular weight is 178 g/mol. The van der Waals surface area contributed by atoms with Gasteiger partial charge in [0.1, 0.15) is 5.75 Å². The molecule has 1 aliphatic rings. The topological polar surface area (TPSA) is 46.5 Å². The first-order valence-electron chi connectivity index (χ1n) is 4.18. The van der Waals surface area contributed by atoms with Crippen molar-refractivity contribution in [1.29, 1.82) is 0 Å². The fourth-order valence-corrected chi connectivity index (χ4v) is 1.63. The van der Waals surface area contributed by atoms with E-state index in [1.165, 1.54) is 0 Å². The summed E-state index contributed by atoms with van der Waals surface area (Å²) in [6.07, 6.45) is -0.725. The maximum Gasteiger partial charge on any atom is 0.345 e. The molecule has 2 rings (SSSR count). The number of rotatable bonds is 1. The Bertz CT molecular complexity index is 346. The van der Waals surface area contributed by atoms with Gasteiger partial charge in [0.15, 0.2) is 0 Å². The minimum absolute atomic E-state index is 0.0614. The second-order valence-corrected chi connectivity index (χ2v) is 3.20. The van der Waals surface area contributed by atoms with Gasteiger partial charge < -0.3 is 9.84 Å². The smallest absolute Gasteiger partial charge is 0.345 e. The van der Waals surface area contributed by atoms with Crippen LogP contribution in [0.3, 0.4) is 0 Å². The van der Waals surface area contributed by atoms with Gasteiger partial charge in [-0.05, 0) is 6.07 Å². The zero-order valence-electron chi connectivity index (χ0n) is 7.23. The highest BCUT2D eigenvalue weighted by Gasteiger charge is 2.35. The maximum absolute atomic E-state index is 10.8. The molecule has 0 saturated heterocycles. The second kappa shape index (κ2) is 2.76. The Balaban J connectivity index is 2.38. The summed E-state index contributed by atoms with van der Waals surface area (Å²) in [5.74, 6) is -0.264. The van der Waals surface area contributed by atoms with Crippen molar-refractivity contribution in [3.05, 3.63) is 29.8 Å². The van der Waals surface area contributed by atoms with Crippen molar-refractivity contribution < 1.29 is 14.6 Å². The highest BCUT2D eigenvalue weighted by atomic mass is 16.5. The van der Waals surface area contributed by atoms with Gasteiger partial charge in [0.05, 0.1) is 0 Å². The molecule has 1 N–H and O–H groups in total. The minimum Gasteiger partial charge on any atom is -0.478 e. The van der Waals surface area contributed by atoms with E-state index in [2.05, 4.69) is 0 Å². The number of ether oxygens (including phenoxy) is 1. The molecule has 2 atom stereocenters. The van der Waals surface area contributed by atoms with Gasteiger partial charge in [0.2, 0.25) is 6.10 Å². The van der Waals surface area contributed by atoms with E-state index in [0.29, 0.717) is 5.75 Å². The highest BCUT2D eigenvalue weighted by Crippen LogP contribution is 2.37. The molecular formula is C10H10O3. The zero-order chi connectivity index (χ0) is 9.42. The van der Waals surface area contributed by atoms with Crippen molar-refractivity contribution in [3.8, 4) is 5.75 Å². The first-order chi connectivity index (χ1) is 6.20. The van der Waals surface area contributed by atoms with Crippen molar-refractivity contribution in [1.82, 2.24) is 0 Å². The van der Waals surface area contributed by atoms with Crippen molar-refractivity contribution in [2.75, 3.05) is 0 Å². The van der Waals surface area contributed by atoms with Crippen LogP contribution in [-0.4, -0.2) is 17.2 Å². The van der Waals surface area contributed by atoms with Crippen LogP contribution < -0.4 is 4.74 Å². The molecule has 1 aromatic rings. The fourth-order valence-electron chi connectivity index (χ4n) is 1.63. The Morgan fingerprint density at radius 3 is 2.77 bits per heavy atom. The molecule has 0 bridgehead atoms. The molecule has 0 aliphatic carbocycles. The van der Waals surface area contributed by atoms with Crippen LogP contribution in [0.4, 0.5) is 0 Å². The number of aliphatic carboxylic acids is 1. The van der Waals surface area contributed by atoms with Crippen molar-refractivity contribution >= 4 is 5.97 Å². The lowest BCUT2D eigenvalue weighted by molar-refractivity contribution is -0.144. The lowest BCUT2D eigenvalue weighted by atomic mass is 9.98. The van der Waals surface area contributed by atoms with E-state index in [1.807, 2.05) is 25.1 Å². The molecule has 3 heteroatoms. The number of hydrogen-bond acceptors (Lipinski definition) is 2. The Labute approximate surface area is 76.0 Å². The van der Waals surface area contributed by atoms with Crippen LogP contribution in [0.1, 0.15) is 18.4 Å². The van der Waals surface area contributed by atoms with E-state index in [4.69, 9.17) is 9.84 Å². The minimum atomic E-state index is -0.899. The van der Waals surface area contributed by atoms with Gasteiger partial charge in [0, 0.05) is 11.5 Å². The van der Waals surface area contributed by atoms with Crippen molar-refractivity contribution in [3.63, 3.8) is 0 Å². The summed E-state index contributed by atoms with van der Waals surface area (Å²) < 4.78 is 5.28. The van der Waals surface area contributed by atoms with Gasteiger partial charge in [-0.3, -0.25) is 0 Å². The van der Waals surface area contributed by atoms with Crippen molar-refractivity contribution in [2.24, 2.45) is 0 Å². The van der Waals surface area contributed by atoms with E-state index in [-0.39, 0.29) is 5.92 Å². The first-order valence-corrected chi connectivity index (χ1v) is 4.18. The molecule has 2 unspecified atom stereocenters. The van der Waals surface area contributed by atoms with Gasteiger partial charge in [-0.25, -0.2) is 4.79 Å². The van der Waals surface area contributed by atoms with Gasteiger partial charge in [-0.15, -0.1) is 0 Å². The normalized spacial score (nSPS) is 25.0. The lowest BCUT2D eigenvalue weighted by Gasteiger charge is -2.08. The first kappa shape index (κ1) is 8.10. The Kier molecular flexibility index (Phi) is 1.72. The van der Waals surface area contributed by atoms with Crippen LogP contribution in [0, 0.1) is 0 Å². The van der Waals surface area contributed by atoms with Gasteiger partial charge >= 0.3 is 5.97 Å². The summed E-state index contributed by atoms with van der Waals surface area (Å²) in [4.78, 5) is 10.8. The molecule has 1 aromatic carbocycles. The molecule has 0 amide bonds. The molecule has 1 heterocycles. The Hall–Kier alpha value is -1.51. The van der Waals surface area contributed by atoms with Crippen LogP contribution in [0.2, 0.25) is 0 Å². The van der Waals surface area contributed by atoms with Gasteiger partial charge in [-0.2, -0.15) is 0 Å². The summed E-state index contributed by atoms with van der Waals surface area (Å²) in [5, 5.41) is 8.83. The maximum atomic E-state index is 10.8. The molecule has 68 valence electrons. The number of carboxylic acids is 1. The molecule has 1 aliphatic heterocycles.